The molecule has 0 fully saturated rings. The van der Waals surface area contributed by atoms with Crippen molar-refractivity contribution in [3.05, 3.63) is 69.8 Å². The Morgan fingerprint density at radius 1 is 1.11 bits per heavy atom. The quantitative estimate of drug-likeness (QED) is 0.366. The number of aryl methyl sites for hydroxylation is 1. The van der Waals surface area contributed by atoms with Crippen LogP contribution >= 0.6 is 0 Å². The van der Waals surface area contributed by atoms with Crippen molar-refractivity contribution in [1.29, 1.82) is 0 Å². The van der Waals surface area contributed by atoms with E-state index < -0.39 is 10.9 Å². The number of nitro groups is 1. The van der Waals surface area contributed by atoms with Crippen LogP contribution in [0.1, 0.15) is 15.9 Å². The van der Waals surface area contributed by atoms with Crippen molar-refractivity contribution in [2.24, 2.45) is 0 Å². The molecule has 0 N–H and O–H groups in total. The van der Waals surface area contributed by atoms with Gasteiger partial charge < -0.3 is 4.74 Å². The summed E-state index contributed by atoms with van der Waals surface area (Å²) in [6, 6.07) is 12.9. The third-order valence-corrected chi connectivity index (χ3v) is 2.60. The van der Waals surface area contributed by atoms with Gasteiger partial charge in [-0.3, -0.25) is 10.1 Å². The molecule has 0 spiro atoms. The highest BCUT2D eigenvalue weighted by atomic mass is 16.6. The molecule has 5 nitrogen and oxygen atoms in total. The van der Waals surface area contributed by atoms with E-state index in [1.807, 2.05) is 0 Å². The molecule has 2 aromatic carbocycles. The van der Waals surface area contributed by atoms with Gasteiger partial charge in [-0.2, -0.15) is 0 Å². The summed E-state index contributed by atoms with van der Waals surface area (Å²) >= 11 is 0. The predicted molar refractivity (Wildman–Crippen MR) is 69.2 cm³/mol. The number of carbonyl (C=O) groups excluding carboxylic acids is 1. The maximum Gasteiger partial charge on any atom is 0.343 e. The molecule has 0 aliphatic heterocycles. The first-order valence-electron chi connectivity index (χ1n) is 5.61. The van der Waals surface area contributed by atoms with E-state index in [2.05, 4.69) is 0 Å². The maximum absolute atomic E-state index is 11.9. The summed E-state index contributed by atoms with van der Waals surface area (Å²) < 4.78 is 5.09. The Hall–Kier alpha value is -2.69. The third-order valence-electron chi connectivity index (χ3n) is 2.60. The zero-order valence-electron chi connectivity index (χ0n) is 10.2. The van der Waals surface area contributed by atoms with E-state index in [4.69, 9.17) is 4.74 Å². The van der Waals surface area contributed by atoms with Crippen molar-refractivity contribution in [3.8, 4) is 5.75 Å². The molecule has 2 rings (SSSR count). The number of hydrogen-bond donors (Lipinski definition) is 0. The summed E-state index contributed by atoms with van der Waals surface area (Å²) in [5.74, 6) is -0.659. The van der Waals surface area contributed by atoms with Gasteiger partial charge in [0.05, 0.1) is 10.5 Å². The van der Waals surface area contributed by atoms with Crippen LogP contribution in [-0.2, 0) is 0 Å². The van der Waals surface area contributed by atoms with Gasteiger partial charge in [0.2, 0.25) is 5.75 Å². The highest BCUT2D eigenvalue weighted by Gasteiger charge is 2.21. The second kappa shape index (κ2) is 5.30. The lowest BCUT2D eigenvalue weighted by atomic mass is 10.2. The molecule has 0 radical (unpaired) electrons. The molecule has 0 atom stereocenters. The van der Waals surface area contributed by atoms with Crippen molar-refractivity contribution in [3.63, 3.8) is 0 Å². The number of benzene rings is 2. The summed E-state index contributed by atoms with van der Waals surface area (Å²) in [6.45, 7) is 1.60. The molecule has 5 heteroatoms. The smallest absolute Gasteiger partial charge is 0.343 e. The highest BCUT2D eigenvalue weighted by molar-refractivity contribution is 5.91. The van der Waals surface area contributed by atoms with Crippen molar-refractivity contribution >= 4 is 11.7 Å². The highest BCUT2D eigenvalue weighted by Crippen LogP contribution is 2.30. The van der Waals surface area contributed by atoms with E-state index in [0.717, 1.165) is 0 Å². The summed E-state index contributed by atoms with van der Waals surface area (Å²) in [6.07, 6.45) is 0. The zero-order valence-corrected chi connectivity index (χ0v) is 10.2. The average molecular weight is 257 g/mol. The summed E-state index contributed by atoms with van der Waals surface area (Å²) in [7, 11) is 0. The second-order valence-corrected chi connectivity index (χ2v) is 3.93. The van der Waals surface area contributed by atoms with Gasteiger partial charge >= 0.3 is 11.7 Å². The monoisotopic (exact) mass is 257 g/mol. The molecule has 0 aromatic heterocycles. The molecular formula is C14H11NO4. The van der Waals surface area contributed by atoms with Crippen LogP contribution in [-0.4, -0.2) is 10.9 Å². The first kappa shape index (κ1) is 12.8. The Morgan fingerprint density at radius 2 is 1.79 bits per heavy atom. The molecule has 0 saturated carbocycles. The van der Waals surface area contributed by atoms with Crippen LogP contribution in [0.15, 0.2) is 48.5 Å². The van der Waals surface area contributed by atoms with Crippen LogP contribution < -0.4 is 4.74 Å². The Morgan fingerprint density at radius 3 is 2.42 bits per heavy atom. The van der Waals surface area contributed by atoms with Crippen molar-refractivity contribution in [2.45, 2.75) is 6.92 Å². The number of esters is 1. The van der Waals surface area contributed by atoms with Crippen LogP contribution in [0, 0.1) is 17.0 Å². The summed E-state index contributed by atoms with van der Waals surface area (Å²) in [5.41, 5.74) is 0.605. The lowest BCUT2D eigenvalue weighted by Crippen LogP contribution is -2.09. The van der Waals surface area contributed by atoms with E-state index in [9.17, 15) is 14.9 Å². The third kappa shape index (κ3) is 2.77. The Labute approximate surface area is 109 Å². The van der Waals surface area contributed by atoms with Gasteiger partial charge in [0.25, 0.3) is 0 Å². The van der Waals surface area contributed by atoms with Crippen molar-refractivity contribution in [1.82, 2.24) is 0 Å². The van der Waals surface area contributed by atoms with Gasteiger partial charge in [-0.25, -0.2) is 4.79 Å². The van der Waals surface area contributed by atoms with E-state index >= 15 is 0 Å². The zero-order chi connectivity index (χ0) is 13.8. The standard InChI is InChI=1S/C14H11NO4/c1-10-6-5-9-12(13(10)15(17)18)19-14(16)11-7-3-2-4-8-11/h2-9H,1H3. The molecule has 96 valence electrons. The van der Waals surface area contributed by atoms with Gasteiger partial charge in [-0.05, 0) is 25.1 Å². The number of para-hydroxylation sites is 1. The molecule has 0 aliphatic rings. The molecular weight excluding hydrogens is 246 g/mol. The first-order chi connectivity index (χ1) is 9.09. The van der Waals surface area contributed by atoms with E-state index in [-0.39, 0.29) is 11.4 Å². The lowest BCUT2D eigenvalue weighted by molar-refractivity contribution is -0.386. The molecule has 0 unspecified atom stereocenters. The van der Waals surface area contributed by atoms with Crippen LogP contribution in [0.2, 0.25) is 0 Å². The van der Waals surface area contributed by atoms with Crippen LogP contribution in [0.5, 0.6) is 5.75 Å². The molecule has 0 heterocycles. The number of rotatable bonds is 3. The Kier molecular flexibility index (Phi) is 3.56. The SMILES string of the molecule is Cc1cccc(OC(=O)c2ccccc2)c1[N+](=O)[O-]. The lowest BCUT2D eigenvalue weighted by Gasteiger charge is -2.06. The van der Waals surface area contributed by atoms with Gasteiger partial charge in [-0.1, -0.05) is 30.3 Å². The number of hydrogen-bond acceptors (Lipinski definition) is 4. The minimum absolute atomic E-state index is 0.0427. The average Bonchev–Trinajstić information content (AvgIpc) is 2.39. The molecule has 0 aliphatic carbocycles. The fourth-order valence-corrected chi connectivity index (χ4v) is 1.68. The second-order valence-electron chi connectivity index (χ2n) is 3.93. The van der Waals surface area contributed by atoms with E-state index in [1.165, 1.54) is 6.07 Å². The minimum Gasteiger partial charge on any atom is -0.416 e. The van der Waals surface area contributed by atoms with Crippen LogP contribution in [0.3, 0.4) is 0 Å². The predicted octanol–water partition coefficient (Wildman–Crippen LogP) is 3.12. The first-order valence-corrected chi connectivity index (χ1v) is 5.61. The fraction of sp³-hybridized carbons (Fsp3) is 0.0714. The van der Waals surface area contributed by atoms with Gasteiger partial charge in [-0.15, -0.1) is 0 Å². The van der Waals surface area contributed by atoms with Crippen molar-refractivity contribution < 1.29 is 14.5 Å². The van der Waals surface area contributed by atoms with Gasteiger partial charge in [0.15, 0.2) is 0 Å². The number of ether oxygens (including phenoxy) is 1. The molecule has 2 aromatic rings. The maximum atomic E-state index is 11.9. The number of nitro benzene ring substituents is 1. The normalized spacial score (nSPS) is 9.95. The Balaban J connectivity index is 2.32. The topological polar surface area (TPSA) is 69.4 Å². The molecule has 19 heavy (non-hydrogen) atoms. The van der Waals surface area contributed by atoms with Gasteiger partial charge in [0, 0.05) is 5.56 Å². The molecule has 0 saturated heterocycles. The Bertz CT molecular complexity index is 623. The van der Waals surface area contributed by atoms with Crippen LogP contribution in [0.4, 0.5) is 5.69 Å². The van der Waals surface area contributed by atoms with E-state index in [1.54, 1.807) is 49.4 Å². The van der Waals surface area contributed by atoms with Gasteiger partial charge in [0.1, 0.15) is 0 Å². The fourth-order valence-electron chi connectivity index (χ4n) is 1.68. The van der Waals surface area contributed by atoms with Crippen LogP contribution in [0.25, 0.3) is 0 Å². The molecule has 0 bridgehead atoms. The minimum atomic E-state index is -0.616. The summed E-state index contributed by atoms with van der Waals surface area (Å²) in [5, 5.41) is 11.0. The number of nitrogens with zero attached hydrogens (tertiary/aromatic N) is 1. The number of carbonyl (C=O) groups is 1. The largest absolute Gasteiger partial charge is 0.416 e. The van der Waals surface area contributed by atoms with Crippen molar-refractivity contribution in [2.75, 3.05) is 0 Å². The molecule has 0 amide bonds. The van der Waals surface area contributed by atoms with E-state index in [0.29, 0.717) is 11.1 Å². The summed E-state index contributed by atoms with van der Waals surface area (Å²) in [4.78, 5) is 22.3.